The first-order chi connectivity index (χ1) is 6.72. The summed E-state index contributed by atoms with van der Waals surface area (Å²) in [6, 6.07) is 9.61. The predicted octanol–water partition coefficient (Wildman–Crippen LogP) is 2.10. The van der Waals surface area contributed by atoms with Crippen LogP contribution in [-0.2, 0) is 11.2 Å². The Bertz CT molecular complexity index is 349. The van der Waals surface area contributed by atoms with Crippen LogP contribution in [0.2, 0.25) is 0 Å². The molecule has 1 aromatic carbocycles. The summed E-state index contributed by atoms with van der Waals surface area (Å²) in [6.07, 6.45) is 1.29. The summed E-state index contributed by atoms with van der Waals surface area (Å²) >= 11 is 0. The maximum atomic E-state index is 10.7. The van der Waals surface area contributed by atoms with Crippen molar-refractivity contribution in [3.63, 3.8) is 0 Å². The second-order valence-electron chi connectivity index (χ2n) is 3.04. The molecule has 14 heavy (non-hydrogen) atoms. The van der Waals surface area contributed by atoms with Gasteiger partial charge >= 0.3 is 0 Å². The molecule has 0 aliphatic carbocycles. The molecule has 0 bridgehead atoms. The van der Waals surface area contributed by atoms with Crippen LogP contribution in [0.15, 0.2) is 24.3 Å². The number of hydrogen-bond acceptors (Lipinski definition) is 2. The summed E-state index contributed by atoms with van der Waals surface area (Å²) in [7, 11) is 0. The van der Waals surface area contributed by atoms with Crippen molar-refractivity contribution in [3.05, 3.63) is 29.8 Å². The van der Waals surface area contributed by atoms with E-state index in [0.717, 1.165) is 17.7 Å². The van der Waals surface area contributed by atoms with Gasteiger partial charge in [0.15, 0.2) is 0 Å². The van der Waals surface area contributed by atoms with Crippen molar-refractivity contribution in [1.82, 2.24) is 0 Å². The van der Waals surface area contributed by atoms with E-state index in [1.54, 1.807) is 0 Å². The fourth-order valence-corrected chi connectivity index (χ4v) is 1.16. The monoisotopic (exact) mass is 188 g/mol. The van der Waals surface area contributed by atoms with Crippen LogP contribution in [0, 0.1) is 11.3 Å². The summed E-state index contributed by atoms with van der Waals surface area (Å²) in [5.74, 6) is -0.0743. The van der Waals surface area contributed by atoms with E-state index in [0.29, 0.717) is 6.42 Å². The summed E-state index contributed by atoms with van der Waals surface area (Å²) in [4.78, 5) is 10.7. The number of amides is 1. The summed E-state index contributed by atoms with van der Waals surface area (Å²) in [6.45, 7) is 1.48. The van der Waals surface area contributed by atoms with Gasteiger partial charge < -0.3 is 5.32 Å². The van der Waals surface area contributed by atoms with Gasteiger partial charge in [0.05, 0.1) is 6.07 Å². The third kappa shape index (κ3) is 3.28. The van der Waals surface area contributed by atoms with Gasteiger partial charge in [-0.1, -0.05) is 12.1 Å². The van der Waals surface area contributed by atoms with Crippen molar-refractivity contribution in [3.8, 4) is 6.07 Å². The Morgan fingerprint density at radius 2 is 2.07 bits per heavy atom. The topological polar surface area (TPSA) is 52.9 Å². The quantitative estimate of drug-likeness (QED) is 0.789. The lowest BCUT2D eigenvalue weighted by Crippen LogP contribution is -2.05. The number of hydrogen-bond donors (Lipinski definition) is 1. The minimum atomic E-state index is -0.0743. The number of carbonyl (C=O) groups is 1. The van der Waals surface area contributed by atoms with Crippen LogP contribution in [0.3, 0.4) is 0 Å². The number of anilines is 1. The van der Waals surface area contributed by atoms with Crippen LogP contribution in [0.4, 0.5) is 5.69 Å². The summed E-state index contributed by atoms with van der Waals surface area (Å²) in [5, 5.41) is 11.1. The predicted molar refractivity (Wildman–Crippen MR) is 54.7 cm³/mol. The molecular weight excluding hydrogens is 176 g/mol. The van der Waals surface area contributed by atoms with Gasteiger partial charge in [0.2, 0.25) is 5.91 Å². The molecule has 72 valence electrons. The average Bonchev–Trinajstić information content (AvgIpc) is 2.16. The average molecular weight is 188 g/mol. The highest BCUT2D eigenvalue weighted by atomic mass is 16.1. The molecule has 3 heteroatoms. The number of carbonyl (C=O) groups excluding carboxylic acids is 1. The van der Waals surface area contributed by atoms with Crippen LogP contribution in [0.25, 0.3) is 0 Å². The van der Waals surface area contributed by atoms with Crippen molar-refractivity contribution in [2.45, 2.75) is 19.8 Å². The van der Waals surface area contributed by atoms with E-state index in [4.69, 9.17) is 5.26 Å². The maximum absolute atomic E-state index is 10.7. The molecular formula is C11H12N2O. The zero-order valence-corrected chi connectivity index (χ0v) is 8.08. The lowest BCUT2D eigenvalue weighted by Gasteiger charge is -2.02. The third-order valence-electron chi connectivity index (χ3n) is 1.80. The highest BCUT2D eigenvalue weighted by Gasteiger charge is 1.95. The van der Waals surface area contributed by atoms with Crippen LogP contribution < -0.4 is 5.32 Å². The molecule has 1 N–H and O–H groups in total. The SMILES string of the molecule is CC(=O)Nc1ccc(CCC#N)cc1. The van der Waals surface area contributed by atoms with Crippen LogP contribution in [-0.4, -0.2) is 5.91 Å². The molecule has 1 amide bonds. The van der Waals surface area contributed by atoms with Crippen LogP contribution >= 0.6 is 0 Å². The molecule has 0 aromatic heterocycles. The molecule has 0 unspecified atom stereocenters. The number of nitrogens with one attached hydrogen (secondary N) is 1. The smallest absolute Gasteiger partial charge is 0.221 e. The van der Waals surface area contributed by atoms with E-state index in [-0.39, 0.29) is 5.91 Å². The first-order valence-corrected chi connectivity index (χ1v) is 4.46. The first-order valence-electron chi connectivity index (χ1n) is 4.46. The van der Waals surface area contributed by atoms with E-state index in [1.807, 2.05) is 24.3 Å². The van der Waals surface area contributed by atoms with E-state index < -0.39 is 0 Å². The number of benzene rings is 1. The number of aryl methyl sites for hydroxylation is 1. The Hall–Kier alpha value is -1.82. The van der Waals surface area contributed by atoms with Gasteiger partial charge in [-0.3, -0.25) is 4.79 Å². The molecule has 3 nitrogen and oxygen atoms in total. The fourth-order valence-electron chi connectivity index (χ4n) is 1.16. The Balaban J connectivity index is 2.60. The van der Waals surface area contributed by atoms with Gasteiger partial charge in [0.1, 0.15) is 0 Å². The van der Waals surface area contributed by atoms with Crippen molar-refractivity contribution in [2.75, 3.05) is 5.32 Å². The molecule has 1 rings (SSSR count). The number of nitrogens with zero attached hydrogens (tertiary/aromatic N) is 1. The van der Waals surface area contributed by atoms with Crippen LogP contribution in [0.5, 0.6) is 0 Å². The molecule has 0 heterocycles. The van der Waals surface area contributed by atoms with E-state index in [2.05, 4.69) is 11.4 Å². The van der Waals surface area contributed by atoms with E-state index in [1.165, 1.54) is 6.92 Å². The van der Waals surface area contributed by atoms with Gasteiger partial charge in [0, 0.05) is 19.0 Å². The van der Waals surface area contributed by atoms with Gasteiger partial charge in [-0.2, -0.15) is 5.26 Å². The van der Waals surface area contributed by atoms with Gasteiger partial charge in [-0.25, -0.2) is 0 Å². The zero-order chi connectivity index (χ0) is 10.4. The Morgan fingerprint density at radius 1 is 1.43 bits per heavy atom. The Labute approximate surface area is 83.4 Å². The molecule has 0 saturated carbocycles. The number of nitriles is 1. The molecule has 0 saturated heterocycles. The lowest BCUT2D eigenvalue weighted by molar-refractivity contribution is -0.114. The van der Waals surface area contributed by atoms with Gasteiger partial charge in [-0.05, 0) is 24.1 Å². The lowest BCUT2D eigenvalue weighted by atomic mass is 10.1. The zero-order valence-electron chi connectivity index (χ0n) is 8.08. The van der Waals surface area contributed by atoms with Crippen LogP contribution in [0.1, 0.15) is 18.9 Å². The molecule has 0 radical (unpaired) electrons. The fraction of sp³-hybridized carbons (Fsp3) is 0.273. The summed E-state index contributed by atoms with van der Waals surface area (Å²) in [5.41, 5.74) is 1.90. The van der Waals surface area contributed by atoms with Crippen molar-refractivity contribution < 1.29 is 4.79 Å². The van der Waals surface area contributed by atoms with E-state index in [9.17, 15) is 4.79 Å². The van der Waals surface area contributed by atoms with Crippen molar-refractivity contribution >= 4 is 11.6 Å². The first kappa shape index (κ1) is 10.3. The molecule has 0 fully saturated rings. The standard InChI is InChI=1S/C11H12N2O/c1-9(14)13-11-6-4-10(5-7-11)3-2-8-12/h4-7H,2-3H2,1H3,(H,13,14). The second-order valence-corrected chi connectivity index (χ2v) is 3.04. The molecule has 0 atom stereocenters. The Kier molecular flexibility index (Phi) is 3.69. The molecule has 0 aliphatic rings. The third-order valence-corrected chi connectivity index (χ3v) is 1.80. The minimum Gasteiger partial charge on any atom is -0.326 e. The van der Waals surface area contributed by atoms with Gasteiger partial charge in [-0.15, -0.1) is 0 Å². The van der Waals surface area contributed by atoms with Crippen molar-refractivity contribution in [2.24, 2.45) is 0 Å². The number of rotatable bonds is 3. The molecule has 1 aromatic rings. The van der Waals surface area contributed by atoms with Gasteiger partial charge in [0.25, 0.3) is 0 Å². The highest BCUT2D eigenvalue weighted by Crippen LogP contribution is 2.10. The normalized spacial score (nSPS) is 9.14. The maximum Gasteiger partial charge on any atom is 0.221 e. The molecule has 0 aliphatic heterocycles. The second kappa shape index (κ2) is 5.03. The van der Waals surface area contributed by atoms with Crippen molar-refractivity contribution in [1.29, 1.82) is 5.26 Å². The summed E-state index contributed by atoms with van der Waals surface area (Å²) < 4.78 is 0. The van der Waals surface area contributed by atoms with E-state index >= 15 is 0 Å². The highest BCUT2D eigenvalue weighted by molar-refractivity contribution is 5.88. The minimum absolute atomic E-state index is 0.0743. The molecule has 0 spiro atoms. The largest absolute Gasteiger partial charge is 0.326 e. The Morgan fingerprint density at radius 3 is 2.57 bits per heavy atom.